The van der Waals surface area contributed by atoms with Gasteiger partial charge in [-0.2, -0.15) is 0 Å². The van der Waals surface area contributed by atoms with Crippen LogP contribution in [0, 0.1) is 17.7 Å². The molecule has 1 fully saturated rings. The van der Waals surface area contributed by atoms with Gasteiger partial charge in [-0.05, 0) is 58.5 Å². The van der Waals surface area contributed by atoms with Crippen molar-refractivity contribution in [1.29, 1.82) is 0 Å². The summed E-state index contributed by atoms with van der Waals surface area (Å²) in [6.45, 7) is 1.04. The zero-order chi connectivity index (χ0) is 24.5. The van der Waals surface area contributed by atoms with Crippen LogP contribution in [0.25, 0.3) is 0 Å². The second-order valence-corrected chi connectivity index (χ2v) is 13.0. The van der Waals surface area contributed by atoms with Crippen LogP contribution in [0.15, 0.2) is 40.9 Å². The molecular formula is C25H35BrFN3O3S. The fraction of sp³-hybridized carbons (Fsp3) is 0.600. The minimum absolute atomic E-state index is 0.0582. The number of hydrogen-bond acceptors (Lipinski definition) is 5. The third-order valence-electron chi connectivity index (χ3n) is 7.13. The van der Waals surface area contributed by atoms with Crippen LogP contribution < -0.4 is 5.32 Å². The number of benzene rings is 1. The molecule has 1 aliphatic carbocycles. The van der Waals surface area contributed by atoms with E-state index in [1.54, 1.807) is 7.05 Å². The molecule has 1 aromatic rings. The van der Waals surface area contributed by atoms with Crippen LogP contribution in [0.5, 0.6) is 0 Å². The third kappa shape index (κ3) is 5.75. The minimum Gasteiger partial charge on any atom is -0.379 e. The van der Waals surface area contributed by atoms with E-state index in [0.29, 0.717) is 23.1 Å². The Hall–Kier alpha value is -1.26. The Bertz CT molecular complexity index is 1050. The lowest BCUT2D eigenvalue weighted by Gasteiger charge is -2.48. The van der Waals surface area contributed by atoms with Crippen LogP contribution >= 0.6 is 15.9 Å². The minimum atomic E-state index is -3.36. The molecule has 3 aliphatic rings. The SMILES string of the molecule is CN(C)CCCS(=O)(=O)N(C)C[C@H]1CC[C@@H]2[C@H](O1)c1cc(Br)cc(F)c1N[C@H]2C1C=CC=CC1. The number of rotatable bonds is 8. The van der Waals surface area contributed by atoms with Crippen LogP contribution in [-0.2, 0) is 14.8 Å². The fourth-order valence-electron chi connectivity index (χ4n) is 5.37. The topological polar surface area (TPSA) is 61.9 Å². The molecule has 0 radical (unpaired) electrons. The number of allylic oxidation sites excluding steroid dienone is 3. The molecule has 1 aromatic carbocycles. The number of hydrogen-bond donors (Lipinski definition) is 1. The quantitative estimate of drug-likeness (QED) is 0.509. The smallest absolute Gasteiger partial charge is 0.213 e. The van der Waals surface area contributed by atoms with Crippen LogP contribution in [0.4, 0.5) is 10.1 Å². The number of nitrogens with zero attached hydrogens (tertiary/aromatic N) is 2. The summed E-state index contributed by atoms with van der Waals surface area (Å²) >= 11 is 3.43. The molecule has 1 unspecified atom stereocenters. The monoisotopic (exact) mass is 555 g/mol. The normalized spacial score (nSPS) is 28.6. The van der Waals surface area contributed by atoms with Crippen molar-refractivity contribution >= 4 is 31.6 Å². The number of halogens is 2. The number of anilines is 1. The maximum atomic E-state index is 15.0. The fourth-order valence-corrected chi connectivity index (χ4v) is 7.01. The Labute approximate surface area is 211 Å². The van der Waals surface area contributed by atoms with Gasteiger partial charge in [0.25, 0.3) is 0 Å². The predicted molar refractivity (Wildman–Crippen MR) is 138 cm³/mol. The first-order valence-electron chi connectivity index (χ1n) is 12.0. The molecule has 1 N–H and O–H groups in total. The summed E-state index contributed by atoms with van der Waals surface area (Å²) in [5.41, 5.74) is 1.31. The lowest BCUT2D eigenvalue weighted by molar-refractivity contribution is -0.0985. The molecule has 9 heteroatoms. The predicted octanol–water partition coefficient (Wildman–Crippen LogP) is 4.56. The molecule has 0 aromatic heterocycles. The highest BCUT2D eigenvalue weighted by Crippen LogP contribution is 2.49. The van der Waals surface area contributed by atoms with E-state index in [0.717, 1.165) is 31.4 Å². The van der Waals surface area contributed by atoms with Crippen molar-refractivity contribution in [2.75, 3.05) is 45.3 Å². The molecule has 2 aliphatic heterocycles. The van der Waals surface area contributed by atoms with Gasteiger partial charge >= 0.3 is 0 Å². The largest absolute Gasteiger partial charge is 0.379 e. The van der Waals surface area contributed by atoms with Gasteiger partial charge in [-0.3, -0.25) is 0 Å². The molecule has 0 saturated carbocycles. The molecule has 6 nitrogen and oxygen atoms in total. The van der Waals surface area contributed by atoms with Crippen molar-refractivity contribution in [3.63, 3.8) is 0 Å². The van der Waals surface area contributed by atoms with Crippen molar-refractivity contribution < 1.29 is 17.5 Å². The van der Waals surface area contributed by atoms with Crippen LogP contribution in [0.1, 0.15) is 37.4 Å². The average molecular weight is 557 g/mol. The van der Waals surface area contributed by atoms with E-state index in [1.165, 1.54) is 10.4 Å². The zero-order valence-electron chi connectivity index (χ0n) is 20.1. The summed E-state index contributed by atoms with van der Waals surface area (Å²) in [7, 11) is 2.15. The molecule has 0 bridgehead atoms. The van der Waals surface area contributed by atoms with Gasteiger partial charge in [-0.25, -0.2) is 17.1 Å². The summed E-state index contributed by atoms with van der Waals surface area (Å²) in [6.07, 6.45) is 11.1. The van der Waals surface area contributed by atoms with Crippen molar-refractivity contribution in [3.05, 3.63) is 52.3 Å². The standard InChI is InChI=1S/C25H35BrFN3O3S/c1-29(2)12-7-13-34(31,32)30(3)16-19-10-11-20-23(17-8-5-4-6-9-17)28-24-21(25(20)33-19)14-18(26)15-22(24)27/h4-6,8,14-15,17,19-20,23,25,28H,7,9-13,16H2,1-3H3/t17?,19-,20+,23+,25+/m1/s1. The first-order valence-corrected chi connectivity index (χ1v) is 14.4. The number of sulfonamides is 1. The maximum absolute atomic E-state index is 15.0. The van der Waals surface area contributed by atoms with Gasteiger partial charge in [0.05, 0.1) is 23.6 Å². The number of ether oxygens (including phenoxy) is 1. The maximum Gasteiger partial charge on any atom is 0.213 e. The van der Waals surface area contributed by atoms with E-state index < -0.39 is 10.0 Å². The molecule has 0 spiro atoms. The van der Waals surface area contributed by atoms with E-state index in [-0.39, 0.29) is 41.7 Å². The van der Waals surface area contributed by atoms with Crippen LogP contribution in [0.3, 0.4) is 0 Å². The molecule has 34 heavy (non-hydrogen) atoms. The van der Waals surface area contributed by atoms with Gasteiger partial charge in [0.2, 0.25) is 10.0 Å². The first-order chi connectivity index (χ1) is 16.2. The number of fused-ring (bicyclic) bond motifs is 3. The highest BCUT2D eigenvalue weighted by atomic mass is 79.9. The first kappa shape index (κ1) is 25.8. The van der Waals surface area contributed by atoms with E-state index in [1.807, 2.05) is 31.1 Å². The molecule has 4 rings (SSSR count). The molecule has 2 heterocycles. The Morgan fingerprint density at radius 1 is 1.21 bits per heavy atom. The van der Waals surface area contributed by atoms with E-state index in [9.17, 15) is 12.8 Å². The van der Waals surface area contributed by atoms with Gasteiger partial charge in [-0.15, -0.1) is 0 Å². The molecule has 5 atom stereocenters. The van der Waals surface area contributed by atoms with Gasteiger partial charge in [-0.1, -0.05) is 40.2 Å². The van der Waals surface area contributed by atoms with Crippen molar-refractivity contribution in [1.82, 2.24) is 9.21 Å². The summed E-state index contributed by atoms with van der Waals surface area (Å²) in [6, 6.07) is 3.47. The van der Waals surface area contributed by atoms with E-state index in [2.05, 4.69) is 39.5 Å². The Morgan fingerprint density at radius 3 is 2.71 bits per heavy atom. The number of nitrogens with one attached hydrogen (secondary N) is 1. The molecule has 0 amide bonds. The second kappa shape index (κ2) is 10.8. The van der Waals surface area contributed by atoms with Crippen molar-refractivity contribution in [2.24, 2.45) is 11.8 Å². The molecular weight excluding hydrogens is 521 g/mol. The Morgan fingerprint density at radius 2 is 2.00 bits per heavy atom. The van der Waals surface area contributed by atoms with Crippen LogP contribution in [0.2, 0.25) is 0 Å². The molecule has 188 valence electrons. The second-order valence-electron chi connectivity index (χ2n) is 9.91. The van der Waals surface area contributed by atoms with Gasteiger partial charge in [0.1, 0.15) is 5.82 Å². The molecule has 1 saturated heterocycles. The Balaban J connectivity index is 1.52. The summed E-state index contributed by atoms with van der Waals surface area (Å²) in [5, 5.41) is 3.50. The average Bonchev–Trinajstić information content (AvgIpc) is 2.79. The third-order valence-corrected chi connectivity index (χ3v) is 9.49. The van der Waals surface area contributed by atoms with E-state index >= 15 is 0 Å². The van der Waals surface area contributed by atoms with E-state index in [4.69, 9.17) is 4.74 Å². The van der Waals surface area contributed by atoms with Crippen molar-refractivity contribution in [2.45, 2.75) is 43.9 Å². The van der Waals surface area contributed by atoms with Gasteiger partial charge in [0, 0.05) is 41.5 Å². The van der Waals surface area contributed by atoms with Crippen LogP contribution in [-0.4, -0.2) is 69.8 Å². The van der Waals surface area contributed by atoms with Gasteiger partial charge in [0.15, 0.2) is 0 Å². The Kier molecular flexibility index (Phi) is 8.19. The highest BCUT2D eigenvalue weighted by molar-refractivity contribution is 9.10. The lowest BCUT2D eigenvalue weighted by atomic mass is 9.73. The summed E-state index contributed by atoms with van der Waals surface area (Å²) in [5.74, 6) is 0.262. The lowest BCUT2D eigenvalue weighted by Crippen LogP contribution is -2.49. The summed E-state index contributed by atoms with van der Waals surface area (Å²) < 4.78 is 49.3. The highest BCUT2D eigenvalue weighted by Gasteiger charge is 2.45. The van der Waals surface area contributed by atoms with Gasteiger partial charge < -0.3 is 15.0 Å². The van der Waals surface area contributed by atoms with Crippen molar-refractivity contribution in [3.8, 4) is 0 Å². The number of likely N-dealkylation sites (N-methyl/N-ethyl adjacent to an activating group) is 1. The zero-order valence-corrected chi connectivity index (χ0v) is 22.5. The summed E-state index contributed by atoms with van der Waals surface area (Å²) in [4.78, 5) is 1.99.